The fraction of sp³-hybridized carbons (Fsp3) is 0.200. The smallest absolute Gasteiger partial charge is 0.0106 e. The molecule has 0 heterocycles. The molecule has 1 aliphatic rings. The summed E-state index contributed by atoms with van der Waals surface area (Å²) in [4.78, 5) is 0. The number of hydrogen-bond acceptors (Lipinski definition) is 0. The normalized spacial score (nSPS) is 19.5. The molecule has 0 saturated carbocycles. The molecule has 0 spiro atoms. The highest BCUT2D eigenvalue weighted by atomic mass is 14.3. The van der Waals surface area contributed by atoms with Gasteiger partial charge in [-0.25, -0.2) is 0 Å². The molecule has 2 aromatic carbocycles. The minimum absolute atomic E-state index is 0.603. The monoisotopic (exact) mass is 194 g/mol. The highest BCUT2D eigenvalue weighted by molar-refractivity contribution is 5.96. The van der Waals surface area contributed by atoms with Gasteiger partial charge in [-0.2, -0.15) is 0 Å². The van der Waals surface area contributed by atoms with Crippen molar-refractivity contribution in [2.45, 2.75) is 13.3 Å². The standard InChI is InChI=1S/C15H14/c1-10-9-13-8-7-12-5-3-4-6-14(12)15(13)11(10)2/h3-8,10H,2,9H2,1H3. The molecule has 0 nitrogen and oxygen atoms in total. The molecule has 0 radical (unpaired) electrons. The Bertz CT molecular complexity index is 549. The zero-order valence-corrected chi connectivity index (χ0v) is 8.96. The Morgan fingerprint density at radius 1 is 1.13 bits per heavy atom. The molecule has 0 amide bonds. The fourth-order valence-corrected chi connectivity index (χ4v) is 2.57. The number of hydrogen-bond donors (Lipinski definition) is 0. The van der Waals surface area contributed by atoms with E-state index < -0.39 is 0 Å². The summed E-state index contributed by atoms with van der Waals surface area (Å²) in [6.07, 6.45) is 1.15. The largest absolute Gasteiger partial charge is 0.0949 e. The molecule has 0 bridgehead atoms. The van der Waals surface area contributed by atoms with Gasteiger partial charge in [-0.05, 0) is 39.8 Å². The second-order valence-electron chi connectivity index (χ2n) is 4.45. The van der Waals surface area contributed by atoms with E-state index in [1.54, 1.807) is 0 Å². The SMILES string of the molecule is C=C1c2c(ccc3ccccc23)CC1C. The van der Waals surface area contributed by atoms with Gasteiger partial charge in [0.2, 0.25) is 0 Å². The van der Waals surface area contributed by atoms with E-state index in [2.05, 4.69) is 49.9 Å². The number of rotatable bonds is 0. The van der Waals surface area contributed by atoms with Gasteiger partial charge < -0.3 is 0 Å². The van der Waals surface area contributed by atoms with Gasteiger partial charge >= 0.3 is 0 Å². The highest BCUT2D eigenvalue weighted by Crippen LogP contribution is 2.39. The third-order valence-electron chi connectivity index (χ3n) is 3.46. The van der Waals surface area contributed by atoms with Crippen LogP contribution in [0.3, 0.4) is 0 Å². The summed E-state index contributed by atoms with van der Waals surface area (Å²) in [6, 6.07) is 13.1. The third kappa shape index (κ3) is 1.14. The third-order valence-corrected chi connectivity index (χ3v) is 3.46. The predicted molar refractivity (Wildman–Crippen MR) is 65.9 cm³/mol. The number of benzene rings is 2. The quantitative estimate of drug-likeness (QED) is 0.593. The van der Waals surface area contributed by atoms with Crippen LogP contribution in [0.2, 0.25) is 0 Å². The Morgan fingerprint density at radius 2 is 1.93 bits per heavy atom. The molecule has 1 unspecified atom stereocenters. The van der Waals surface area contributed by atoms with Crippen LogP contribution in [-0.4, -0.2) is 0 Å². The van der Waals surface area contributed by atoms with Crippen molar-refractivity contribution in [3.05, 3.63) is 54.1 Å². The molecular weight excluding hydrogens is 180 g/mol. The van der Waals surface area contributed by atoms with E-state index in [0.717, 1.165) is 6.42 Å². The van der Waals surface area contributed by atoms with Gasteiger partial charge in [-0.15, -0.1) is 0 Å². The topological polar surface area (TPSA) is 0 Å². The van der Waals surface area contributed by atoms with Crippen molar-refractivity contribution in [2.24, 2.45) is 5.92 Å². The number of allylic oxidation sites excluding steroid dienone is 1. The summed E-state index contributed by atoms with van der Waals surface area (Å²) in [7, 11) is 0. The predicted octanol–water partition coefficient (Wildman–Crippen LogP) is 4.05. The first kappa shape index (κ1) is 8.72. The van der Waals surface area contributed by atoms with Crippen molar-refractivity contribution >= 4 is 16.3 Å². The Morgan fingerprint density at radius 3 is 2.80 bits per heavy atom. The Labute approximate surface area is 90.2 Å². The Kier molecular flexibility index (Phi) is 1.72. The minimum Gasteiger partial charge on any atom is -0.0949 e. The lowest BCUT2D eigenvalue weighted by molar-refractivity contribution is 0.782. The van der Waals surface area contributed by atoms with E-state index in [4.69, 9.17) is 0 Å². The molecule has 74 valence electrons. The first-order valence-corrected chi connectivity index (χ1v) is 5.47. The van der Waals surface area contributed by atoms with Gasteiger partial charge in [0.25, 0.3) is 0 Å². The molecular formula is C15H14. The Balaban J connectivity index is 2.41. The average molecular weight is 194 g/mol. The molecule has 0 saturated heterocycles. The van der Waals surface area contributed by atoms with Crippen LogP contribution in [0.4, 0.5) is 0 Å². The van der Waals surface area contributed by atoms with Crippen LogP contribution in [0.25, 0.3) is 16.3 Å². The fourth-order valence-electron chi connectivity index (χ4n) is 2.57. The zero-order chi connectivity index (χ0) is 10.4. The van der Waals surface area contributed by atoms with Crippen molar-refractivity contribution in [3.8, 4) is 0 Å². The molecule has 1 aliphatic carbocycles. The van der Waals surface area contributed by atoms with E-state index in [0.29, 0.717) is 5.92 Å². The molecule has 3 rings (SSSR count). The van der Waals surface area contributed by atoms with E-state index in [1.807, 2.05) is 0 Å². The van der Waals surface area contributed by atoms with Crippen molar-refractivity contribution in [3.63, 3.8) is 0 Å². The maximum atomic E-state index is 4.23. The van der Waals surface area contributed by atoms with Crippen LogP contribution in [0.15, 0.2) is 43.0 Å². The van der Waals surface area contributed by atoms with Crippen molar-refractivity contribution in [2.75, 3.05) is 0 Å². The van der Waals surface area contributed by atoms with Crippen molar-refractivity contribution < 1.29 is 0 Å². The lowest BCUT2D eigenvalue weighted by Gasteiger charge is -2.06. The number of fused-ring (bicyclic) bond motifs is 3. The van der Waals surface area contributed by atoms with Gasteiger partial charge in [0.15, 0.2) is 0 Å². The van der Waals surface area contributed by atoms with Gasteiger partial charge in [-0.3, -0.25) is 0 Å². The summed E-state index contributed by atoms with van der Waals surface area (Å²) in [5.74, 6) is 0.603. The first-order chi connectivity index (χ1) is 7.27. The van der Waals surface area contributed by atoms with Gasteiger partial charge in [-0.1, -0.05) is 49.9 Å². The molecule has 1 atom stereocenters. The molecule has 0 N–H and O–H groups in total. The minimum atomic E-state index is 0.603. The van der Waals surface area contributed by atoms with Crippen LogP contribution in [-0.2, 0) is 6.42 Å². The van der Waals surface area contributed by atoms with E-state index in [-0.39, 0.29) is 0 Å². The molecule has 0 aromatic heterocycles. The Hall–Kier alpha value is -1.56. The molecule has 0 heteroatoms. The lowest BCUT2D eigenvalue weighted by Crippen LogP contribution is -1.88. The van der Waals surface area contributed by atoms with Gasteiger partial charge in [0, 0.05) is 0 Å². The lowest BCUT2D eigenvalue weighted by atomic mass is 9.98. The van der Waals surface area contributed by atoms with Crippen LogP contribution >= 0.6 is 0 Å². The maximum absolute atomic E-state index is 4.23. The van der Waals surface area contributed by atoms with E-state index in [1.165, 1.54) is 27.5 Å². The van der Waals surface area contributed by atoms with Crippen LogP contribution in [0.1, 0.15) is 18.1 Å². The summed E-state index contributed by atoms with van der Waals surface area (Å²) in [6.45, 7) is 6.49. The van der Waals surface area contributed by atoms with Gasteiger partial charge in [0.05, 0.1) is 0 Å². The van der Waals surface area contributed by atoms with Crippen LogP contribution in [0, 0.1) is 5.92 Å². The average Bonchev–Trinajstić information content (AvgIpc) is 2.55. The first-order valence-electron chi connectivity index (χ1n) is 5.47. The summed E-state index contributed by atoms with van der Waals surface area (Å²) >= 11 is 0. The molecule has 15 heavy (non-hydrogen) atoms. The summed E-state index contributed by atoms with van der Waals surface area (Å²) in [5.41, 5.74) is 4.17. The van der Waals surface area contributed by atoms with Crippen LogP contribution < -0.4 is 0 Å². The van der Waals surface area contributed by atoms with E-state index in [9.17, 15) is 0 Å². The second kappa shape index (κ2) is 2.96. The molecule has 0 fully saturated rings. The molecule has 0 aliphatic heterocycles. The summed E-state index contributed by atoms with van der Waals surface area (Å²) < 4.78 is 0. The maximum Gasteiger partial charge on any atom is -0.0106 e. The van der Waals surface area contributed by atoms with E-state index >= 15 is 0 Å². The zero-order valence-electron chi connectivity index (χ0n) is 8.96. The van der Waals surface area contributed by atoms with Crippen molar-refractivity contribution in [1.82, 2.24) is 0 Å². The van der Waals surface area contributed by atoms with Crippen LogP contribution in [0.5, 0.6) is 0 Å². The van der Waals surface area contributed by atoms with Gasteiger partial charge in [0.1, 0.15) is 0 Å². The molecule has 2 aromatic rings. The second-order valence-corrected chi connectivity index (χ2v) is 4.45. The highest BCUT2D eigenvalue weighted by Gasteiger charge is 2.23. The summed E-state index contributed by atoms with van der Waals surface area (Å²) in [5, 5.41) is 2.69. The van der Waals surface area contributed by atoms with Crippen molar-refractivity contribution in [1.29, 1.82) is 0 Å².